The molecule has 0 fully saturated rings. The number of pyridine rings is 1. The molecule has 5 heteroatoms. The van der Waals surface area contributed by atoms with Crippen molar-refractivity contribution in [3.8, 4) is 0 Å². The van der Waals surface area contributed by atoms with Crippen LogP contribution >= 0.6 is 11.8 Å². The third kappa shape index (κ3) is 3.38. The van der Waals surface area contributed by atoms with Gasteiger partial charge in [-0.25, -0.2) is 0 Å². The van der Waals surface area contributed by atoms with E-state index in [1.807, 2.05) is 0 Å². The van der Waals surface area contributed by atoms with Gasteiger partial charge in [0.1, 0.15) is 0 Å². The lowest BCUT2D eigenvalue weighted by Gasteiger charge is -2.29. The fourth-order valence-corrected chi connectivity index (χ4v) is 2.59. The van der Waals surface area contributed by atoms with Crippen LogP contribution in [0.4, 0.5) is 5.69 Å². The first-order valence-corrected chi connectivity index (χ1v) is 7.34. The Morgan fingerprint density at radius 3 is 2.67 bits per heavy atom. The highest BCUT2D eigenvalue weighted by Crippen LogP contribution is 2.29. The van der Waals surface area contributed by atoms with Crippen molar-refractivity contribution in [2.75, 3.05) is 18.5 Å². The van der Waals surface area contributed by atoms with Crippen molar-refractivity contribution in [1.29, 1.82) is 0 Å². The summed E-state index contributed by atoms with van der Waals surface area (Å²) in [5.74, 6) is -0.152. The van der Waals surface area contributed by atoms with Crippen LogP contribution in [0.5, 0.6) is 0 Å². The molecule has 0 aliphatic rings. The van der Waals surface area contributed by atoms with Gasteiger partial charge in [0.15, 0.2) is 0 Å². The number of nitrogens with zero attached hydrogens (tertiary/aromatic N) is 1. The number of nitrogens with one attached hydrogen (secondary N) is 1. The highest BCUT2D eigenvalue weighted by atomic mass is 32.2. The number of carbonyl (C=O) groups is 1. The molecule has 0 atom stereocenters. The summed E-state index contributed by atoms with van der Waals surface area (Å²) in [5.41, 5.74) is 6.66. The van der Waals surface area contributed by atoms with Gasteiger partial charge in [0.2, 0.25) is 0 Å². The Morgan fingerprint density at radius 1 is 1.50 bits per heavy atom. The quantitative estimate of drug-likeness (QED) is 0.830. The maximum absolute atomic E-state index is 12.0. The van der Waals surface area contributed by atoms with Gasteiger partial charge in [0, 0.05) is 29.4 Å². The van der Waals surface area contributed by atoms with Gasteiger partial charge in [0.25, 0.3) is 5.91 Å². The number of nitrogens with two attached hydrogens (primary N) is 1. The molecule has 0 saturated carbocycles. The summed E-state index contributed by atoms with van der Waals surface area (Å²) in [4.78, 5) is 15.9. The van der Waals surface area contributed by atoms with E-state index in [4.69, 9.17) is 5.73 Å². The Balaban J connectivity index is 2.69. The first-order valence-electron chi connectivity index (χ1n) is 6.11. The zero-order valence-corrected chi connectivity index (χ0v) is 12.0. The molecule has 1 aromatic rings. The summed E-state index contributed by atoms with van der Waals surface area (Å²) in [5, 5.41) is 2.95. The molecule has 0 aliphatic heterocycles. The summed E-state index contributed by atoms with van der Waals surface area (Å²) >= 11 is 1.80. The number of thioether (sulfide) groups is 1. The highest BCUT2D eigenvalue weighted by Gasteiger charge is 2.25. The van der Waals surface area contributed by atoms with Gasteiger partial charge in [0.05, 0.1) is 5.56 Å². The van der Waals surface area contributed by atoms with Crippen molar-refractivity contribution < 1.29 is 4.79 Å². The number of anilines is 1. The van der Waals surface area contributed by atoms with Crippen LogP contribution in [-0.2, 0) is 0 Å². The molecule has 0 unspecified atom stereocenters. The topological polar surface area (TPSA) is 68.0 Å². The van der Waals surface area contributed by atoms with Crippen molar-refractivity contribution in [2.45, 2.75) is 31.4 Å². The van der Waals surface area contributed by atoms with E-state index in [-0.39, 0.29) is 10.7 Å². The SMILES string of the molecule is CCC(CC)(CNC(=O)c1cnccc1N)SC. The van der Waals surface area contributed by atoms with E-state index in [9.17, 15) is 4.79 Å². The molecule has 0 spiro atoms. The molecule has 0 radical (unpaired) electrons. The molecule has 1 rings (SSSR count). The third-order valence-corrected chi connectivity index (χ3v) is 4.98. The number of aromatic nitrogens is 1. The lowest BCUT2D eigenvalue weighted by molar-refractivity contribution is 0.0949. The Bertz CT molecular complexity index is 397. The zero-order chi connectivity index (χ0) is 13.6. The summed E-state index contributed by atoms with van der Waals surface area (Å²) < 4.78 is 0.104. The Labute approximate surface area is 113 Å². The molecule has 1 aromatic heterocycles. The number of rotatable bonds is 6. The normalized spacial score (nSPS) is 11.3. The molecule has 0 bridgehead atoms. The molecule has 0 saturated heterocycles. The largest absolute Gasteiger partial charge is 0.398 e. The average Bonchev–Trinajstić information content (AvgIpc) is 2.41. The lowest BCUT2D eigenvalue weighted by atomic mass is 10.0. The Kier molecular flexibility index (Phi) is 5.47. The fraction of sp³-hybridized carbons (Fsp3) is 0.538. The first-order chi connectivity index (χ1) is 8.58. The van der Waals surface area contributed by atoms with Gasteiger partial charge in [-0.3, -0.25) is 9.78 Å². The zero-order valence-electron chi connectivity index (χ0n) is 11.2. The molecular weight excluding hydrogens is 246 g/mol. The number of hydrogen-bond acceptors (Lipinski definition) is 4. The van der Waals surface area contributed by atoms with Crippen molar-refractivity contribution in [3.05, 3.63) is 24.0 Å². The van der Waals surface area contributed by atoms with E-state index >= 15 is 0 Å². The van der Waals surface area contributed by atoms with Crippen molar-refractivity contribution in [3.63, 3.8) is 0 Å². The Hall–Kier alpha value is -1.23. The van der Waals surface area contributed by atoms with Crippen LogP contribution in [-0.4, -0.2) is 28.4 Å². The number of nitrogen functional groups attached to an aromatic ring is 1. The van der Waals surface area contributed by atoms with Crippen LogP contribution in [0.1, 0.15) is 37.0 Å². The van der Waals surface area contributed by atoms with Crippen LogP contribution in [0, 0.1) is 0 Å². The van der Waals surface area contributed by atoms with Crippen LogP contribution in [0.15, 0.2) is 18.5 Å². The number of carbonyl (C=O) groups excluding carboxylic acids is 1. The maximum Gasteiger partial charge on any atom is 0.254 e. The minimum Gasteiger partial charge on any atom is -0.398 e. The average molecular weight is 267 g/mol. The van der Waals surface area contributed by atoms with Gasteiger partial charge < -0.3 is 11.1 Å². The van der Waals surface area contributed by atoms with Crippen LogP contribution in [0.25, 0.3) is 0 Å². The lowest BCUT2D eigenvalue weighted by Crippen LogP contribution is -2.39. The van der Waals surface area contributed by atoms with Gasteiger partial charge in [-0.15, -0.1) is 0 Å². The van der Waals surface area contributed by atoms with Gasteiger partial charge in [-0.2, -0.15) is 11.8 Å². The smallest absolute Gasteiger partial charge is 0.254 e. The van der Waals surface area contributed by atoms with Gasteiger partial charge in [-0.05, 0) is 25.2 Å². The van der Waals surface area contributed by atoms with Crippen molar-refractivity contribution in [2.24, 2.45) is 0 Å². The Morgan fingerprint density at radius 2 is 2.17 bits per heavy atom. The molecule has 0 aromatic carbocycles. The van der Waals surface area contributed by atoms with E-state index in [0.29, 0.717) is 17.8 Å². The second kappa shape index (κ2) is 6.64. The summed E-state index contributed by atoms with van der Waals surface area (Å²) in [6, 6.07) is 1.64. The standard InChI is InChI=1S/C13H21N3OS/c1-4-13(5-2,18-3)9-16-12(17)10-8-15-7-6-11(10)14/h6-8H,4-5,9H2,1-3H3,(H2,14,15)(H,16,17). The summed E-state index contributed by atoms with van der Waals surface area (Å²) in [7, 11) is 0. The predicted molar refractivity (Wildman–Crippen MR) is 77.8 cm³/mol. The van der Waals surface area contributed by atoms with Crippen molar-refractivity contribution >= 4 is 23.4 Å². The molecule has 1 heterocycles. The predicted octanol–water partition coefficient (Wildman–Crippen LogP) is 2.32. The minimum atomic E-state index is -0.152. The molecule has 100 valence electrons. The second-order valence-electron chi connectivity index (χ2n) is 4.24. The van der Waals surface area contributed by atoms with Crippen molar-refractivity contribution in [1.82, 2.24) is 10.3 Å². The molecule has 4 nitrogen and oxygen atoms in total. The molecule has 18 heavy (non-hydrogen) atoms. The minimum absolute atomic E-state index is 0.104. The van der Waals surface area contributed by atoms with E-state index < -0.39 is 0 Å². The third-order valence-electron chi connectivity index (χ3n) is 3.39. The summed E-state index contributed by atoms with van der Waals surface area (Å²) in [6.07, 6.45) is 7.21. The van der Waals surface area contributed by atoms with Gasteiger partial charge >= 0.3 is 0 Å². The number of amides is 1. The molecule has 0 aliphatic carbocycles. The van der Waals surface area contributed by atoms with E-state index in [1.54, 1.807) is 24.0 Å². The first kappa shape index (κ1) is 14.8. The van der Waals surface area contributed by atoms with Crippen LogP contribution < -0.4 is 11.1 Å². The number of hydrogen-bond donors (Lipinski definition) is 2. The molecule has 3 N–H and O–H groups in total. The monoisotopic (exact) mass is 267 g/mol. The fourth-order valence-electron chi connectivity index (χ4n) is 1.79. The highest BCUT2D eigenvalue weighted by molar-refractivity contribution is 8.00. The second-order valence-corrected chi connectivity index (χ2v) is 5.51. The molecule has 1 amide bonds. The van der Waals surface area contributed by atoms with E-state index in [1.165, 1.54) is 6.20 Å². The maximum atomic E-state index is 12.0. The van der Waals surface area contributed by atoms with E-state index in [0.717, 1.165) is 12.8 Å². The van der Waals surface area contributed by atoms with Gasteiger partial charge in [-0.1, -0.05) is 13.8 Å². The summed E-state index contributed by atoms with van der Waals surface area (Å²) in [6.45, 7) is 4.93. The van der Waals surface area contributed by atoms with Crippen LogP contribution in [0.3, 0.4) is 0 Å². The van der Waals surface area contributed by atoms with E-state index in [2.05, 4.69) is 30.4 Å². The van der Waals surface area contributed by atoms with Crippen LogP contribution in [0.2, 0.25) is 0 Å². The molecular formula is C13H21N3OS.